The van der Waals surface area contributed by atoms with Crippen molar-refractivity contribution in [2.24, 2.45) is 5.92 Å². The number of hydrogen-bond acceptors (Lipinski definition) is 3. The second kappa shape index (κ2) is 7.86. The zero-order valence-electron chi connectivity index (χ0n) is 15.2. The molecule has 1 saturated heterocycles. The van der Waals surface area contributed by atoms with Crippen molar-refractivity contribution >= 4 is 28.5 Å². The molecule has 0 aliphatic carbocycles. The summed E-state index contributed by atoms with van der Waals surface area (Å²) in [6.07, 6.45) is 2.30. The molecular weight excluding hydrogens is 337 g/mol. The van der Waals surface area contributed by atoms with Crippen LogP contribution in [-0.4, -0.2) is 43.1 Å². The number of fused-ring (bicyclic) bond motifs is 1. The van der Waals surface area contributed by atoms with Crippen LogP contribution >= 0.6 is 0 Å². The highest BCUT2D eigenvalue weighted by Gasteiger charge is 2.25. The number of amides is 1. The topological polar surface area (TPSA) is 75.6 Å². The molecule has 6 nitrogen and oxygen atoms in total. The molecule has 0 bridgehead atoms. The Morgan fingerprint density at radius 1 is 1.42 bits per heavy atom. The van der Waals surface area contributed by atoms with Crippen molar-refractivity contribution in [1.82, 2.24) is 4.98 Å². The first-order chi connectivity index (χ1) is 12.5. The Bertz CT molecular complexity index is 818. The van der Waals surface area contributed by atoms with Crippen LogP contribution in [0.25, 0.3) is 10.9 Å². The highest BCUT2D eigenvalue weighted by atomic mass is 19.1. The van der Waals surface area contributed by atoms with Crippen LogP contribution in [0.3, 0.4) is 0 Å². The van der Waals surface area contributed by atoms with Crippen LogP contribution in [0.4, 0.5) is 10.1 Å². The molecule has 2 heterocycles. The number of hydrogen-bond donors (Lipinski definition) is 3. The van der Waals surface area contributed by atoms with Crippen LogP contribution in [0.15, 0.2) is 18.2 Å². The highest BCUT2D eigenvalue weighted by Crippen LogP contribution is 2.29. The minimum absolute atomic E-state index is 0.141. The number of rotatable bonds is 5. The molecule has 1 unspecified atom stereocenters. The molecule has 0 spiro atoms. The number of benzene rings is 1. The second-order valence-electron chi connectivity index (χ2n) is 6.96. The second-order valence-corrected chi connectivity index (χ2v) is 6.96. The summed E-state index contributed by atoms with van der Waals surface area (Å²) in [5.74, 6) is -0.593. The van der Waals surface area contributed by atoms with E-state index in [2.05, 4.69) is 17.2 Å². The standard InChI is InChI=1S/C19H24FN3O3/c1-3-26-19(25)18-17(14-9-13(20)6-7-15(14)21-18)22-16(24)11-23-8-4-5-12(2)10-23/h6-7,9,12,21H,3-5,8,10-11H2,1-2H3,(H,22,24)/p+1/t12-/m1/s1. The number of esters is 1. The summed E-state index contributed by atoms with van der Waals surface area (Å²) in [4.78, 5) is 28.9. The van der Waals surface area contributed by atoms with Gasteiger partial charge in [-0.2, -0.15) is 0 Å². The van der Waals surface area contributed by atoms with Crippen LogP contribution < -0.4 is 10.2 Å². The van der Waals surface area contributed by atoms with Crippen molar-refractivity contribution in [1.29, 1.82) is 0 Å². The molecule has 26 heavy (non-hydrogen) atoms. The predicted octanol–water partition coefficient (Wildman–Crippen LogP) is 1.74. The Hall–Kier alpha value is -2.41. The number of carbonyl (C=O) groups is 2. The Morgan fingerprint density at radius 3 is 2.96 bits per heavy atom. The molecule has 140 valence electrons. The van der Waals surface area contributed by atoms with Gasteiger partial charge >= 0.3 is 5.97 Å². The maximum absolute atomic E-state index is 13.7. The zero-order valence-corrected chi connectivity index (χ0v) is 15.2. The van der Waals surface area contributed by atoms with E-state index >= 15 is 0 Å². The van der Waals surface area contributed by atoms with Gasteiger partial charge in [-0.25, -0.2) is 9.18 Å². The van der Waals surface area contributed by atoms with Crippen LogP contribution in [0, 0.1) is 11.7 Å². The van der Waals surface area contributed by atoms with E-state index in [1.807, 2.05) is 0 Å². The lowest BCUT2D eigenvalue weighted by Crippen LogP contribution is -3.14. The number of halogens is 1. The summed E-state index contributed by atoms with van der Waals surface area (Å²) in [5, 5.41) is 3.27. The van der Waals surface area contributed by atoms with Gasteiger partial charge in [-0.1, -0.05) is 6.92 Å². The fourth-order valence-corrected chi connectivity index (χ4v) is 3.62. The quantitative estimate of drug-likeness (QED) is 0.709. The van der Waals surface area contributed by atoms with Crippen molar-refractivity contribution < 1.29 is 23.6 Å². The number of ether oxygens (including phenoxy) is 1. The Balaban J connectivity index is 1.84. The number of likely N-dealkylation sites (tertiary alicyclic amines) is 1. The van der Waals surface area contributed by atoms with Gasteiger partial charge in [-0.3, -0.25) is 4.79 Å². The molecule has 3 N–H and O–H groups in total. The average Bonchev–Trinajstić information content (AvgIpc) is 2.93. The van der Waals surface area contributed by atoms with Crippen molar-refractivity contribution in [2.45, 2.75) is 26.7 Å². The minimum Gasteiger partial charge on any atom is -0.461 e. The van der Waals surface area contributed by atoms with Gasteiger partial charge in [0.05, 0.1) is 25.4 Å². The number of H-pyrrole nitrogens is 1. The number of aromatic nitrogens is 1. The lowest BCUT2D eigenvalue weighted by Gasteiger charge is -2.27. The van der Waals surface area contributed by atoms with E-state index in [1.54, 1.807) is 13.0 Å². The normalized spacial score (nSPS) is 20.1. The summed E-state index contributed by atoms with van der Waals surface area (Å²) in [5.41, 5.74) is 0.999. The zero-order chi connectivity index (χ0) is 18.7. The van der Waals surface area contributed by atoms with Crippen molar-refractivity contribution in [3.63, 3.8) is 0 Å². The van der Waals surface area contributed by atoms with Crippen LogP contribution in [0.5, 0.6) is 0 Å². The highest BCUT2D eigenvalue weighted by molar-refractivity contribution is 6.11. The van der Waals surface area contributed by atoms with Crippen LogP contribution in [0.2, 0.25) is 0 Å². The van der Waals surface area contributed by atoms with E-state index in [1.165, 1.54) is 23.5 Å². The van der Waals surface area contributed by atoms with E-state index < -0.39 is 11.8 Å². The summed E-state index contributed by atoms with van der Waals surface area (Å²) >= 11 is 0. The van der Waals surface area contributed by atoms with Gasteiger partial charge in [0, 0.05) is 16.8 Å². The van der Waals surface area contributed by atoms with E-state index in [0.717, 1.165) is 19.5 Å². The molecule has 1 aromatic carbocycles. The predicted molar refractivity (Wildman–Crippen MR) is 96.8 cm³/mol. The number of nitrogens with one attached hydrogen (secondary N) is 3. The minimum atomic E-state index is -0.571. The van der Waals surface area contributed by atoms with E-state index in [0.29, 0.717) is 23.4 Å². The molecule has 0 radical (unpaired) electrons. The smallest absolute Gasteiger partial charge is 0.356 e. The van der Waals surface area contributed by atoms with Crippen molar-refractivity contribution in [3.05, 3.63) is 29.7 Å². The van der Waals surface area contributed by atoms with Crippen LogP contribution in [-0.2, 0) is 9.53 Å². The lowest BCUT2D eigenvalue weighted by molar-refractivity contribution is -0.900. The average molecular weight is 362 g/mol. The number of anilines is 1. The van der Waals surface area contributed by atoms with Gasteiger partial charge in [0.2, 0.25) is 0 Å². The van der Waals surface area contributed by atoms with Gasteiger partial charge in [-0.05, 0) is 38.0 Å². The molecule has 1 aromatic heterocycles. The SMILES string of the molecule is CCOC(=O)c1[nH]c2ccc(F)cc2c1NC(=O)C[NH+]1CCC[C@@H](C)C1. The van der Waals surface area contributed by atoms with E-state index in [4.69, 9.17) is 4.74 Å². The maximum atomic E-state index is 13.7. The lowest BCUT2D eigenvalue weighted by atomic mass is 10.0. The van der Waals surface area contributed by atoms with Crippen molar-refractivity contribution in [3.8, 4) is 0 Å². The van der Waals surface area contributed by atoms with Crippen molar-refractivity contribution in [2.75, 3.05) is 31.6 Å². The molecule has 2 atom stereocenters. The first-order valence-corrected chi connectivity index (χ1v) is 9.09. The van der Waals surface area contributed by atoms with Gasteiger partial charge in [0.25, 0.3) is 5.91 Å². The Labute approximate surface area is 151 Å². The fourth-order valence-electron chi connectivity index (χ4n) is 3.62. The number of piperidine rings is 1. The molecule has 2 aromatic rings. The number of carbonyl (C=O) groups excluding carboxylic acids is 2. The van der Waals surface area contributed by atoms with Gasteiger partial charge in [0.1, 0.15) is 11.5 Å². The molecule has 1 aliphatic rings. The van der Waals surface area contributed by atoms with Gasteiger partial charge < -0.3 is 19.9 Å². The molecular formula is C19H25FN3O3+. The van der Waals surface area contributed by atoms with E-state index in [-0.39, 0.29) is 23.9 Å². The maximum Gasteiger partial charge on any atom is 0.356 e. The first kappa shape index (κ1) is 18.4. The Morgan fingerprint density at radius 2 is 2.23 bits per heavy atom. The monoisotopic (exact) mass is 362 g/mol. The third-order valence-electron chi connectivity index (χ3n) is 4.78. The van der Waals surface area contributed by atoms with E-state index in [9.17, 15) is 14.0 Å². The molecule has 3 rings (SSSR count). The molecule has 0 saturated carbocycles. The molecule has 1 amide bonds. The summed E-state index contributed by atoms with van der Waals surface area (Å²) in [6, 6.07) is 4.15. The molecule has 1 aliphatic heterocycles. The largest absolute Gasteiger partial charge is 0.461 e. The third-order valence-corrected chi connectivity index (χ3v) is 4.78. The van der Waals surface area contributed by atoms with Gasteiger partial charge in [0.15, 0.2) is 6.54 Å². The third kappa shape index (κ3) is 4.04. The summed E-state index contributed by atoms with van der Waals surface area (Å²) in [6.45, 7) is 6.36. The molecule has 7 heteroatoms. The van der Waals surface area contributed by atoms with Gasteiger partial charge in [-0.15, -0.1) is 0 Å². The number of aromatic amines is 1. The van der Waals surface area contributed by atoms with Crippen LogP contribution in [0.1, 0.15) is 37.2 Å². The summed E-state index contributed by atoms with van der Waals surface area (Å²) in [7, 11) is 0. The summed E-state index contributed by atoms with van der Waals surface area (Å²) < 4.78 is 18.7. The Kier molecular flexibility index (Phi) is 5.56. The first-order valence-electron chi connectivity index (χ1n) is 9.09. The molecule has 1 fully saturated rings. The number of quaternary nitrogens is 1. The fraction of sp³-hybridized carbons (Fsp3) is 0.474.